The zero-order valence-electron chi connectivity index (χ0n) is 17.7. The second kappa shape index (κ2) is 10.5. The minimum atomic E-state index is -0.197. The van der Waals surface area contributed by atoms with Crippen LogP contribution in [0.5, 0.6) is 0 Å². The first-order valence-electron chi connectivity index (χ1n) is 10.4. The molecular formula is C22H32N4O3. The van der Waals surface area contributed by atoms with Crippen molar-refractivity contribution in [2.75, 3.05) is 45.9 Å². The number of ether oxygens (including phenoxy) is 1. The SMILES string of the molecule is CCNC(=O)c1coc(CN(CCN2CCOCC2)Cc2ccc(C)cc2C)n1. The summed E-state index contributed by atoms with van der Waals surface area (Å²) in [5.74, 6) is 0.370. The number of morpholine rings is 1. The number of carbonyl (C=O) groups is 1. The Morgan fingerprint density at radius 3 is 2.76 bits per heavy atom. The van der Waals surface area contributed by atoms with Crippen molar-refractivity contribution in [3.63, 3.8) is 0 Å². The van der Waals surface area contributed by atoms with E-state index in [1.54, 1.807) is 0 Å². The van der Waals surface area contributed by atoms with Gasteiger partial charge < -0.3 is 14.5 Å². The van der Waals surface area contributed by atoms with Crippen molar-refractivity contribution in [1.82, 2.24) is 20.1 Å². The molecule has 1 aliphatic heterocycles. The lowest BCUT2D eigenvalue weighted by Crippen LogP contribution is -2.41. The van der Waals surface area contributed by atoms with Gasteiger partial charge in [0, 0.05) is 39.3 Å². The third-order valence-electron chi connectivity index (χ3n) is 5.21. The molecule has 1 aromatic heterocycles. The van der Waals surface area contributed by atoms with E-state index in [9.17, 15) is 4.79 Å². The summed E-state index contributed by atoms with van der Waals surface area (Å²) in [7, 11) is 0. The third kappa shape index (κ3) is 6.39. The quantitative estimate of drug-likeness (QED) is 0.697. The van der Waals surface area contributed by atoms with Gasteiger partial charge in [0.1, 0.15) is 6.26 Å². The van der Waals surface area contributed by atoms with E-state index in [1.807, 2.05) is 6.92 Å². The molecule has 1 saturated heterocycles. The van der Waals surface area contributed by atoms with Crippen molar-refractivity contribution in [2.45, 2.75) is 33.9 Å². The van der Waals surface area contributed by atoms with Gasteiger partial charge in [0.25, 0.3) is 5.91 Å². The second-order valence-corrected chi connectivity index (χ2v) is 7.58. The Morgan fingerprint density at radius 2 is 2.03 bits per heavy atom. The summed E-state index contributed by atoms with van der Waals surface area (Å²) < 4.78 is 11.0. The van der Waals surface area contributed by atoms with Gasteiger partial charge in [0.05, 0.1) is 19.8 Å². The van der Waals surface area contributed by atoms with Crippen LogP contribution in [0.15, 0.2) is 28.9 Å². The van der Waals surface area contributed by atoms with E-state index < -0.39 is 0 Å². The van der Waals surface area contributed by atoms with Gasteiger partial charge in [-0.1, -0.05) is 23.8 Å². The summed E-state index contributed by atoms with van der Waals surface area (Å²) >= 11 is 0. The molecule has 1 amide bonds. The van der Waals surface area contributed by atoms with Gasteiger partial charge in [-0.15, -0.1) is 0 Å². The third-order valence-corrected chi connectivity index (χ3v) is 5.21. The molecule has 1 N–H and O–H groups in total. The molecule has 1 aliphatic rings. The molecule has 7 nitrogen and oxygen atoms in total. The van der Waals surface area contributed by atoms with Gasteiger partial charge in [0.2, 0.25) is 5.89 Å². The molecule has 0 unspecified atom stereocenters. The number of nitrogens with zero attached hydrogens (tertiary/aromatic N) is 3. The molecule has 0 bridgehead atoms. The fourth-order valence-electron chi connectivity index (χ4n) is 3.52. The van der Waals surface area contributed by atoms with Crippen LogP contribution < -0.4 is 5.32 Å². The molecule has 0 radical (unpaired) electrons. The summed E-state index contributed by atoms with van der Waals surface area (Å²) in [4.78, 5) is 21.1. The van der Waals surface area contributed by atoms with Gasteiger partial charge >= 0.3 is 0 Å². The van der Waals surface area contributed by atoms with E-state index in [1.165, 1.54) is 23.0 Å². The normalized spacial score (nSPS) is 15.0. The molecule has 0 spiro atoms. The Hall–Kier alpha value is -2.22. The number of benzene rings is 1. The molecule has 0 atom stereocenters. The summed E-state index contributed by atoms with van der Waals surface area (Å²) in [6.07, 6.45) is 1.44. The van der Waals surface area contributed by atoms with Crippen molar-refractivity contribution in [3.8, 4) is 0 Å². The smallest absolute Gasteiger partial charge is 0.273 e. The lowest BCUT2D eigenvalue weighted by molar-refractivity contribution is 0.0320. The Kier molecular flexibility index (Phi) is 7.80. The predicted molar refractivity (Wildman–Crippen MR) is 112 cm³/mol. The van der Waals surface area contributed by atoms with Crippen LogP contribution in [0.1, 0.15) is 40.0 Å². The number of hydrogen-bond donors (Lipinski definition) is 1. The van der Waals surface area contributed by atoms with Gasteiger partial charge in [-0.05, 0) is 31.9 Å². The zero-order chi connectivity index (χ0) is 20.6. The molecule has 2 heterocycles. The summed E-state index contributed by atoms with van der Waals surface area (Å²) in [5, 5.41) is 2.76. The van der Waals surface area contributed by atoms with Crippen LogP contribution in [-0.2, 0) is 17.8 Å². The second-order valence-electron chi connectivity index (χ2n) is 7.58. The lowest BCUT2D eigenvalue weighted by atomic mass is 10.1. The van der Waals surface area contributed by atoms with E-state index in [-0.39, 0.29) is 5.91 Å². The Morgan fingerprint density at radius 1 is 1.24 bits per heavy atom. The predicted octanol–water partition coefficient (Wildman–Crippen LogP) is 2.38. The maximum Gasteiger partial charge on any atom is 0.273 e. The van der Waals surface area contributed by atoms with Gasteiger partial charge in [-0.2, -0.15) is 0 Å². The van der Waals surface area contributed by atoms with Crippen LogP contribution >= 0.6 is 0 Å². The van der Waals surface area contributed by atoms with E-state index in [0.717, 1.165) is 45.9 Å². The van der Waals surface area contributed by atoms with Crippen molar-refractivity contribution in [3.05, 3.63) is 52.7 Å². The molecule has 0 aliphatic carbocycles. The van der Waals surface area contributed by atoms with Crippen molar-refractivity contribution in [1.29, 1.82) is 0 Å². The maximum absolute atomic E-state index is 12.0. The Balaban J connectivity index is 1.68. The lowest BCUT2D eigenvalue weighted by Gasteiger charge is -2.30. The van der Waals surface area contributed by atoms with E-state index in [2.05, 4.69) is 52.1 Å². The number of aryl methyl sites for hydroxylation is 2. The van der Waals surface area contributed by atoms with Crippen LogP contribution in [0.2, 0.25) is 0 Å². The van der Waals surface area contributed by atoms with Crippen molar-refractivity contribution < 1.29 is 13.9 Å². The fraction of sp³-hybridized carbons (Fsp3) is 0.545. The molecule has 7 heteroatoms. The standard InChI is InChI=1S/C22H32N4O3/c1-4-23-22(27)20-16-29-21(24-20)15-26(8-7-25-9-11-28-12-10-25)14-19-6-5-17(2)13-18(19)3/h5-6,13,16H,4,7-12,14-15H2,1-3H3,(H,23,27). The van der Waals surface area contributed by atoms with Gasteiger partial charge in [-0.3, -0.25) is 14.6 Å². The fourth-order valence-corrected chi connectivity index (χ4v) is 3.52. The van der Waals surface area contributed by atoms with Crippen molar-refractivity contribution in [2.24, 2.45) is 0 Å². The number of carbonyl (C=O) groups excluding carboxylic acids is 1. The number of rotatable bonds is 9. The van der Waals surface area contributed by atoms with Gasteiger partial charge in [0.15, 0.2) is 5.69 Å². The van der Waals surface area contributed by atoms with E-state index in [4.69, 9.17) is 9.15 Å². The number of amides is 1. The topological polar surface area (TPSA) is 70.8 Å². The van der Waals surface area contributed by atoms with Crippen LogP contribution in [-0.4, -0.2) is 66.6 Å². The van der Waals surface area contributed by atoms with Gasteiger partial charge in [-0.25, -0.2) is 4.98 Å². The first-order chi connectivity index (χ1) is 14.0. The van der Waals surface area contributed by atoms with Crippen LogP contribution in [0.4, 0.5) is 0 Å². The van der Waals surface area contributed by atoms with E-state index >= 15 is 0 Å². The highest BCUT2D eigenvalue weighted by Gasteiger charge is 2.17. The zero-order valence-corrected chi connectivity index (χ0v) is 17.7. The summed E-state index contributed by atoms with van der Waals surface area (Å²) in [5.41, 5.74) is 4.19. The first-order valence-corrected chi connectivity index (χ1v) is 10.4. The minimum Gasteiger partial charge on any atom is -0.447 e. The molecule has 2 aromatic rings. The average Bonchev–Trinajstić information content (AvgIpc) is 3.18. The summed E-state index contributed by atoms with van der Waals surface area (Å²) in [6, 6.07) is 6.57. The molecule has 0 saturated carbocycles. The molecule has 29 heavy (non-hydrogen) atoms. The molecule has 1 aromatic carbocycles. The largest absolute Gasteiger partial charge is 0.447 e. The molecule has 158 valence electrons. The van der Waals surface area contributed by atoms with Crippen molar-refractivity contribution >= 4 is 5.91 Å². The Bertz CT molecular complexity index is 799. The van der Waals surface area contributed by atoms with Crippen LogP contribution in [0.25, 0.3) is 0 Å². The molecule has 3 rings (SSSR count). The number of hydrogen-bond acceptors (Lipinski definition) is 6. The first kappa shape index (κ1) is 21.5. The number of aromatic nitrogens is 1. The van der Waals surface area contributed by atoms with Crippen LogP contribution in [0.3, 0.4) is 0 Å². The average molecular weight is 401 g/mol. The Labute approximate surface area is 173 Å². The summed E-state index contributed by atoms with van der Waals surface area (Å²) in [6.45, 7) is 13.5. The highest BCUT2D eigenvalue weighted by atomic mass is 16.5. The van der Waals surface area contributed by atoms with Crippen LogP contribution in [0, 0.1) is 13.8 Å². The monoisotopic (exact) mass is 400 g/mol. The highest BCUT2D eigenvalue weighted by Crippen LogP contribution is 2.16. The number of nitrogens with one attached hydrogen (secondary N) is 1. The minimum absolute atomic E-state index is 0.197. The molecule has 1 fully saturated rings. The number of oxazole rings is 1. The van der Waals surface area contributed by atoms with E-state index in [0.29, 0.717) is 24.7 Å². The highest BCUT2D eigenvalue weighted by molar-refractivity contribution is 5.91. The molecular weight excluding hydrogens is 368 g/mol. The maximum atomic E-state index is 12.0.